The maximum absolute atomic E-state index is 14.1. The number of halogens is 3. The molecule has 6 nitrogen and oxygen atoms in total. The van der Waals surface area contributed by atoms with Crippen molar-refractivity contribution in [2.24, 2.45) is 0 Å². The zero-order valence-corrected chi connectivity index (χ0v) is 21.0. The Kier molecular flexibility index (Phi) is 8.36. The van der Waals surface area contributed by atoms with E-state index in [1.54, 1.807) is 18.2 Å². The fourth-order valence-corrected chi connectivity index (χ4v) is 4.45. The zero-order valence-electron chi connectivity index (χ0n) is 19.5. The molecule has 1 aromatic heterocycles. The number of aromatic amines is 1. The Bertz CT molecular complexity index is 1360. The van der Waals surface area contributed by atoms with Gasteiger partial charge in [0.05, 0.1) is 16.7 Å². The molecule has 3 aromatic carbocycles. The van der Waals surface area contributed by atoms with E-state index in [0.717, 1.165) is 16.5 Å². The minimum Gasteiger partial charge on any atom is -0.490 e. The van der Waals surface area contributed by atoms with Gasteiger partial charge in [-0.3, -0.25) is 4.79 Å². The molecule has 4 aromatic rings. The lowest BCUT2D eigenvalue weighted by atomic mass is 10.0. The van der Waals surface area contributed by atoms with Crippen LogP contribution in [0.15, 0.2) is 60.8 Å². The van der Waals surface area contributed by atoms with Gasteiger partial charge in [0.15, 0.2) is 11.5 Å². The average Bonchev–Trinajstić information content (AvgIpc) is 3.25. The van der Waals surface area contributed by atoms with Crippen LogP contribution in [-0.4, -0.2) is 28.7 Å². The molecule has 1 atom stereocenters. The summed E-state index contributed by atoms with van der Waals surface area (Å²) in [7, 11) is 0. The van der Waals surface area contributed by atoms with Crippen LogP contribution in [0.3, 0.4) is 0 Å². The van der Waals surface area contributed by atoms with Gasteiger partial charge in [0.25, 0.3) is 0 Å². The maximum Gasteiger partial charge on any atom is 0.321 e. The number of carbonyl (C=O) groups is 1. The summed E-state index contributed by atoms with van der Waals surface area (Å²) < 4.78 is 25.7. The predicted octanol–water partition coefficient (Wildman–Crippen LogP) is 6.38. The first-order valence-electron chi connectivity index (χ1n) is 11.4. The smallest absolute Gasteiger partial charge is 0.321 e. The van der Waals surface area contributed by atoms with Crippen molar-refractivity contribution in [1.82, 2.24) is 10.3 Å². The number of aliphatic carboxylic acids is 1. The van der Waals surface area contributed by atoms with Gasteiger partial charge in [-0.15, -0.1) is 0 Å². The second-order valence-corrected chi connectivity index (χ2v) is 8.98. The van der Waals surface area contributed by atoms with Crippen LogP contribution >= 0.6 is 23.2 Å². The number of carboxylic acid groups (broad SMARTS) is 1. The van der Waals surface area contributed by atoms with Crippen LogP contribution in [0, 0.1) is 5.82 Å². The summed E-state index contributed by atoms with van der Waals surface area (Å²) in [6.45, 7) is 2.27. The minimum atomic E-state index is -0.960. The molecule has 1 heterocycles. The van der Waals surface area contributed by atoms with Crippen LogP contribution in [0.25, 0.3) is 10.9 Å². The van der Waals surface area contributed by atoms with E-state index < -0.39 is 17.8 Å². The number of hydrogen-bond donors (Lipinski definition) is 3. The number of carboxylic acids is 1. The monoisotopic (exact) mass is 530 g/mol. The first kappa shape index (κ1) is 25.8. The highest BCUT2D eigenvalue weighted by atomic mass is 35.5. The van der Waals surface area contributed by atoms with Crippen molar-refractivity contribution in [1.29, 1.82) is 0 Å². The predicted molar refractivity (Wildman–Crippen MR) is 139 cm³/mol. The topological polar surface area (TPSA) is 83.6 Å². The minimum absolute atomic E-state index is 0.130. The highest BCUT2D eigenvalue weighted by Gasteiger charge is 2.21. The van der Waals surface area contributed by atoms with Crippen molar-refractivity contribution < 1.29 is 23.8 Å². The third-order valence-corrected chi connectivity index (χ3v) is 6.38. The Morgan fingerprint density at radius 2 is 1.92 bits per heavy atom. The molecular formula is C27H25Cl2FN2O4. The van der Waals surface area contributed by atoms with E-state index in [2.05, 4.69) is 10.3 Å². The van der Waals surface area contributed by atoms with Crippen molar-refractivity contribution in [3.05, 3.63) is 93.3 Å². The summed E-state index contributed by atoms with van der Waals surface area (Å²) in [5.74, 6) is -0.807. The van der Waals surface area contributed by atoms with E-state index in [4.69, 9.17) is 32.7 Å². The molecule has 1 unspecified atom stereocenters. The molecule has 3 N–H and O–H groups in total. The average molecular weight is 531 g/mol. The van der Waals surface area contributed by atoms with E-state index in [1.165, 1.54) is 12.1 Å². The number of aromatic nitrogens is 1. The molecule has 0 radical (unpaired) electrons. The number of H-pyrrole nitrogens is 1. The quantitative estimate of drug-likeness (QED) is 0.209. The van der Waals surface area contributed by atoms with Crippen LogP contribution in [0.1, 0.15) is 23.6 Å². The second kappa shape index (κ2) is 11.6. The number of fused-ring (bicyclic) bond motifs is 1. The molecular weight excluding hydrogens is 506 g/mol. The largest absolute Gasteiger partial charge is 0.490 e. The summed E-state index contributed by atoms with van der Waals surface area (Å²) in [5.41, 5.74) is 2.79. The van der Waals surface area contributed by atoms with E-state index >= 15 is 0 Å². The first-order valence-corrected chi connectivity index (χ1v) is 12.1. The van der Waals surface area contributed by atoms with Crippen molar-refractivity contribution in [2.75, 3.05) is 6.61 Å². The Morgan fingerprint density at radius 1 is 1.11 bits per heavy atom. The van der Waals surface area contributed by atoms with E-state index in [9.17, 15) is 14.3 Å². The van der Waals surface area contributed by atoms with Gasteiger partial charge in [-0.2, -0.15) is 0 Å². The SMILES string of the molecule is CCOc1cc(CNC(Cc2c[nH]c3ccccc23)C(=O)O)cc(Cl)c1OCc1c(F)cccc1Cl. The highest BCUT2D eigenvalue weighted by molar-refractivity contribution is 6.32. The van der Waals surface area contributed by atoms with Gasteiger partial charge in [-0.05, 0) is 48.4 Å². The Balaban J connectivity index is 1.49. The third-order valence-electron chi connectivity index (χ3n) is 5.74. The number of para-hydroxylation sites is 1. The molecule has 9 heteroatoms. The Morgan fingerprint density at radius 3 is 2.67 bits per heavy atom. The fraction of sp³-hybridized carbons (Fsp3) is 0.222. The van der Waals surface area contributed by atoms with E-state index in [1.807, 2.05) is 37.4 Å². The molecule has 0 aliphatic heterocycles. The number of ether oxygens (including phenoxy) is 2. The van der Waals surface area contributed by atoms with Crippen LogP contribution in [-0.2, 0) is 24.4 Å². The number of nitrogens with one attached hydrogen (secondary N) is 2. The normalized spacial score (nSPS) is 12.0. The molecule has 0 bridgehead atoms. The molecule has 0 saturated carbocycles. The molecule has 0 spiro atoms. The van der Waals surface area contributed by atoms with E-state index in [-0.39, 0.29) is 34.5 Å². The highest BCUT2D eigenvalue weighted by Crippen LogP contribution is 2.38. The van der Waals surface area contributed by atoms with Gasteiger partial charge in [-0.25, -0.2) is 4.39 Å². The van der Waals surface area contributed by atoms with E-state index in [0.29, 0.717) is 24.3 Å². The molecule has 4 rings (SSSR count). The fourth-order valence-electron chi connectivity index (χ4n) is 3.95. The van der Waals surface area contributed by atoms with Crippen molar-refractivity contribution >= 4 is 40.1 Å². The van der Waals surface area contributed by atoms with Crippen molar-refractivity contribution in [2.45, 2.75) is 32.5 Å². The first-order chi connectivity index (χ1) is 17.4. The van der Waals surface area contributed by atoms with Gasteiger partial charge >= 0.3 is 5.97 Å². The lowest BCUT2D eigenvalue weighted by Gasteiger charge is -2.18. The Hall–Kier alpha value is -3.26. The van der Waals surface area contributed by atoms with Crippen molar-refractivity contribution in [3.63, 3.8) is 0 Å². The zero-order chi connectivity index (χ0) is 25.7. The van der Waals surface area contributed by atoms with Gasteiger partial charge in [-0.1, -0.05) is 47.5 Å². The molecule has 0 aliphatic carbocycles. The standard InChI is InChI=1S/C27H25Cl2FN2O4/c1-2-35-25-11-16(10-21(29)26(25)36-15-19-20(28)7-5-8-22(19)30)13-31-24(27(33)34)12-17-14-32-23-9-4-3-6-18(17)23/h3-11,14,24,31-32H,2,12-13,15H2,1H3,(H,33,34). The van der Waals surface area contributed by atoms with Gasteiger partial charge in [0.2, 0.25) is 0 Å². The summed E-state index contributed by atoms with van der Waals surface area (Å²) in [5, 5.41) is 14.4. The Labute approximate surface area is 217 Å². The number of hydrogen-bond acceptors (Lipinski definition) is 4. The molecule has 0 aliphatic rings. The molecule has 0 fully saturated rings. The summed E-state index contributed by atoms with van der Waals surface area (Å²) >= 11 is 12.6. The second-order valence-electron chi connectivity index (χ2n) is 8.16. The van der Waals surface area contributed by atoms with Crippen LogP contribution in [0.5, 0.6) is 11.5 Å². The van der Waals surface area contributed by atoms with Crippen molar-refractivity contribution in [3.8, 4) is 11.5 Å². The van der Waals surface area contributed by atoms with Crippen LogP contribution < -0.4 is 14.8 Å². The van der Waals surface area contributed by atoms with Crippen LogP contribution in [0.4, 0.5) is 4.39 Å². The number of benzene rings is 3. The third kappa shape index (κ3) is 5.93. The van der Waals surface area contributed by atoms with Gasteiger partial charge < -0.3 is 24.9 Å². The maximum atomic E-state index is 14.1. The number of rotatable bonds is 11. The van der Waals surface area contributed by atoms with Gasteiger partial charge in [0, 0.05) is 35.6 Å². The summed E-state index contributed by atoms with van der Waals surface area (Å²) in [4.78, 5) is 15.1. The molecule has 188 valence electrons. The molecule has 0 amide bonds. The lowest BCUT2D eigenvalue weighted by Crippen LogP contribution is -2.38. The van der Waals surface area contributed by atoms with Gasteiger partial charge in [0.1, 0.15) is 18.5 Å². The summed E-state index contributed by atoms with van der Waals surface area (Å²) in [6, 6.07) is 14.7. The lowest BCUT2D eigenvalue weighted by molar-refractivity contribution is -0.139. The molecule has 36 heavy (non-hydrogen) atoms. The molecule has 0 saturated heterocycles. The van der Waals surface area contributed by atoms with Crippen LogP contribution in [0.2, 0.25) is 10.0 Å². The summed E-state index contributed by atoms with van der Waals surface area (Å²) in [6.07, 6.45) is 2.14.